The van der Waals surface area contributed by atoms with E-state index in [0.717, 1.165) is 30.0 Å². The molecule has 1 unspecified atom stereocenters. The minimum absolute atomic E-state index is 0.528. The molecule has 2 aromatic heterocycles. The van der Waals surface area contributed by atoms with Crippen molar-refractivity contribution in [3.05, 3.63) is 61.1 Å². The highest BCUT2D eigenvalue weighted by atomic mass is 32.2. The van der Waals surface area contributed by atoms with E-state index in [-0.39, 0.29) is 0 Å². The van der Waals surface area contributed by atoms with Crippen LogP contribution in [0, 0.1) is 5.92 Å². The summed E-state index contributed by atoms with van der Waals surface area (Å²) in [5, 5.41) is 12.8. The van der Waals surface area contributed by atoms with Gasteiger partial charge in [-0.15, -0.1) is 0 Å². The molecule has 0 amide bonds. The van der Waals surface area contributed by atoms with Crippen molar-refractivity contribution in [1.29, 1.82) is 0 Å². The first kappa shape index (κ1) is 19.2. The van der Waals surface area contributed by atoms with E-state index in [4.69, 9.17) is 4.74 Å². The molecule has 1 saturated heterocycles. The number of hydrogen-bond acceptors (Lipinski definition) is 5. The van der Waals surface area contributed by atoms with Gasteiger partial charge in [0.1, 0.15) is 5.75 Å². The third-order valence-electron chi connectivity index (χ3n) is 5.77. The van der Waals surface area contributed by atoms with Crippen LogP contribution in [0.1, 0.15) is 13.3 Å². The maximum Gasteiger partial charge on any atom is 0.120 e. The van der Waals surface area contributed by atoms with Gasteiger partial charge in [0.2, 0.25) is 0 Å². The monoisotopic (exact) mass is 419 g/mol. The molecule has 5 rings (SSSR count). The number of fused-ring (bicyclic) bond motifs is 1. The largest absolute Gasteiger partial charge is 0.497 e. The lowest BCUT2D eigenvalue weighted by atomic mass is 10.1. The lowest BCUT2D eigenvalue weighted by Gasteiger charge is -2.19. The Bertz CT molecular complexity index is 1140. The van der Waals surface area contributed by atoms with Gasteiger partial charge in [0, 0.05) is 41.2 Å². The van der Waals surface area contributed by atoms with Crippen LogP contribution in [0.25, 0.3) is 22.0 Å². The summed E-state index contributed by atoms with van der Waals surface area (Å²) in [4.78, 5) is 1.22. The summed E-state index contributed by atoms with van der Waals surface area (Å²) in [7, 11) is 1.71. The van der Waals surface area contributed by atoms with Crippen LogP contribution in [-0.4, -0.2) is 44.0 Å². The van der Waals surface area contributed by atoms with Crippen LogP contribution in [0.3, 0.4) is 0 Å². The highest BCUT2D eigenvalue weighted by molar-refractivity contribution is 7.97. The van der Waals surface area contributed by atoms with E-state index >= 15 is 0 Å². The van der Waals surface area contributed by atoms with Crippen molar-refractivity contribution in [3.63, 3.8) is 0 Å². The molecule has 1 fully saturated rings. The number of hydrogen-bond donors (Lipinski definition) is 1. The Kier molecular flexibility index (Phi) is 5.23. The Labute approximate surface area is 180 Å². The quantitative estimate of drug-likeness (QED) is 0.453. The lowest BCUT2D eigenvalue weighted by molar-refractivity contribution is 0.413. The number of nitrogens with zero attached hydrogens (tertiary/aromatic N) is 4. The zero-order valence-corrected chi connectivity index (χ0v) is 18.0. The van der Waals surface area contributed by atoms with Gasteiger partial charge in [0.25, 0.3) is 0 Å². The number of ether oxygens (including phenoxy) is 1. The van der Waals surface area contributed by atoms with Gasteiger partial charge in [-0.25, -0.2) is 4.31 Å². The Hall–Kier alpha value is -2.77. The predicted molar refractivity (Wildman–Crippen MR) is 120 cm³/mol. The molecule has 0 aliphatic carbocycles. The molecule has 0 saturated carbocycles. The van der Waals surface area contributed by atoms with E-state index in [0.29, 0.717) is 12.0 Å². The molecule has 2 aromatic carbocycles. The summed E-state index contributed by atoms with van der Waals surface area (Å²) < 4.78 is 10.0. The van der Waals surface area contributed by atoms with Gasteiger partial charge in [-0.2, -0.15) is 10.2 Å². The number of methoxy groups -OCH3 is 1. The highest BCUT2D eigenvalue weighted by Crippen LogP contribution is 2.35. The first-order valence-electron chi connectivity index (χ1n) is 10.2. The average Bonchev–Trinajstić information content (AvgIpc) is 3.50. The number of benzene rings is 2. The second-order valence-electron chi connectivity index (χ2n) is 7.91. The Morgan fingerprint density at radius 3 is 2.93 bits per heavy atom. The van der Waals surface area contributed by atoms with Crippen molar-refractivity contribution in [2.45, 2.75) is 30.8 Å². The van der Waals surface area contributed by atoms with Crippen molar-refractivity contribution in [3.8, 4) is 16.9 Å². The molecule has 0 bridgehead atoms. The fourth-order valence-electron chi connectivity index (χ4n) is 4.23. The van der Waals surface area contributed by atoms with Crippen LogP contribution in [0.2, 0.25) is 0 Å². The molecule has 6 nitrogen and oxygen atoms in total. The number of nitrogens with one attached hydrogen (secondary N) is 1. The number of aromatic amines is 1. The fraction of sp³-hybridized carbons (Fsp3) is 0.304. The van der Waals surface area contributed by atoms with Crippen LogP contribution in [0.5, 0.6) is 5.75 Å². The summed E-state index contributed by atoms with van der Waals surface area (Å²) in [6.45, 7) is 4.30. The van der Waals surface area contributed by atoms with E-state index in [1.807, 2.05) is 42.7 Å². The van der Waals surface area contributed by atoms with Crippen molar-refractivity contribution in [2.24, 2.45) is 5.92 Å². The van der Waals surface area contributed by atoms with Gasteiger partial charge in [0.15, 0.2) is 0 Å². The predicted octanol–water partition coefficient (Wildman–Crippen LogP) is 4.85. The van der Waals surface area contributed by atoms with Crippen LogP contribution in [0.15, 0.2) is 66.0 Å². The maximum atomic E-state index is 5.36. The molecule has 0 spiro atoms. The summed E-state index contributed by atoms with van der Waals surface area (Å²) >= 11 is 1.82. The SMILES string of the molecule is COc1cccc(SN2CC(Cn3ncc4cc(-c5cn[nH]c5)ccc43)C[C@H]2C)c1. The molecule has 0 radical (unpaired) electrons. The molecule has 4 aromatic rings. The van der Waals surface area contributed by atoms with Crippen molar-refractivity contribution in [2.75, 3.05) is 13.7 Å². The second kappa shape index (κ2) is 8.16. The molecular weight excluding hydrogens is 394 g/mol. The summed E-state index contributed by atoms with van der Waals surface area (Å²) in [5.74, 6) is 1.48. The zero-order valence-electron chi connectivity index (χ0n) is 17.2. The minimum atomic E-state index is 0.528. The van der Waals surface area contributed by atoms with Crippen molar-refractivity contribution < 1.29 is 4.74 Å². The Balaban J connectivity index is 1.28. The molecule has 3 heterocycles. The highest BCUT2D eigenvalue weighted by Gasteiger charge is 2.30. The second-order valence-corrected chi connectivity index (χ2v) is 9.03. The van der Waals surface area contributed by atoms with Crippen molar-refractivity contribution >= 4 is 22.9 Å². The van der Waals surface area contributed by atoms with Gasteiger partial charge in [-0.05, 0) is 67.1 Å². The first-order valence-corrected chi connectivity index (χ1v) is 11.0. The lowest BCUT2D eigenvalue weighted by Crippen LogP contribution is -2.19. The van der Waals surface area contributed by atoms with Crippen LogP contribution in [0.4, 0.5) is 0 Å². The number of H-pyrrole nitrogens is 1. The fourth-order valence-corrected chi connectivity index (χ4v) is 5.36. The number of rotatable bonds is 6. The van der Waals surface area contributed by atoms with E-state index in [2.05, 4.69) is 61.5 Å². The Morgan fingerprint density at radius 2 is 2.10 bits per heavy atom. The maximum absolute atomic E-state index is 5.36. The van der Waals surface area contributed by atoms with E-state index in [9.17, 15) is 0 Å². The Morgan fingerprint density at radius 1 is 1.17 bits per heavy atom. The first-order chi connectivity index (χ1) is 14.7. The van der Waals surface area contributed by atoms with Crippen LogP contribution >= 0.6 is 11.9 Å². The molecule has 1 aliphatic rings. The third kappa shape index (κ3) is 3.82. The normalized spacial score (nSPS) is 19.5. The van der Waals surface area contributed by atoms with Gasteiger partial charge < -0.3 is 4.74 Å². The average molecular weight is 420 g/mol. The summed E-state index contributed by atoms with van der Waals surface area (Å²) in [5.41, 5.74) is 3.44. The minimum Gasteiger partial charge on any atom is -0.497 e. The molecule has 1 aliphatic heterocycles. The van der Waals surface area contributed by atoms with Gasteiger partial charge in [-0.1, -0.05) is 12.1 Å². The van der Waals surface area contributed by atoms with Crippen molar-refractivity contribution in [1.82, 2.24) is 24.3 Å². The summed E-state index contributed by atoms with van der Waals surface area (Å²) in [6, 6.07) is 15.3. The molecular formula is C23H25N5OS. The standard InChI is InChI=1S/C23H25N5OS/c1-16-8-17(15-28(16)30-22-5-3-4-21(10-22)29-2)14-27-23-7-6-18(9-19(23)13-26-27)20-11-24-25-12-20/h3-7,9-13,16-17H,8,14-15H2,1-2H3,(H,24,25)/t16-,17?/m1/s1. The molecule has 1 N–H and O–H groups in total. The van der Waals surface area contributed by atoms with E-state index < -0.39 is 0 Å². The third-order valence-corrected chi connectivity index (χ3v) is 6.98. The molecule has 154 valence electrons. The van der Waals surface area contributed by atoms with Gasteiger partial charge in [-0.3, -0.25) is 9.78 Å². The summed E-state index contributed by atoms with van der Waals surface area (Å²) in [6.07, 6.45) is 6.91. The molecule has 30 heavy (non-hydrogen) atoms. The smallest absolute Gasteiger partial charge is 0.120 e. The zero-order chi connectivity index (χ0) is 20.5. The van der Waals surface area contributed by atoms with Gasteiger partial charge >= 0.3 is 0 Å². The molecule has 7 heteroatoms. The van der Waals surface area contributed by atoms with E-state index in [1.165, 1.54) is 22.2 Å². The van der Waals surface area contributed by atoms with Crippen LogP contribution in [-0.2, 0) is 6.54 Å². The molecule has 2 atom stereocenters. The van der Waals surface area contributed by atoms with E-state index in [1.54, 1.807) is 7.11 Å². The van der Waals surface area contributed by atoms with Gasteiger partial charge in [0.05, 0.1) is 25.0 Å². The number of aromatic nitrogens is 4. The topological polar surface area (TPSA) is 59.0 Å². The van der Waals surface area contributed by atoms with Crippen LogP contribution < -0.4 is 4.74 Å².